The molecule has 0 atom stereocenters. The number of hydrogen-bond donors (Lipinski definition) is 0. The fraction of sp³-hybridized carbons (Fsp3) is 0.727. The van der Waals surface area contributed by atoms with E-state index < -0.39 is 11.6 Å². The Bertz CT molecular complexity index is 529. The van der Waals surface area contributed by atoms with Crippen LogP contribution < -0.4 is 4.74 Å². The summed E-state index contributed by atoms with van der Waals surface area (Å²) in [7, 11) is 0. The van der Waals surface area contributed by atoms with Crippen LogP contribution in [0.4, 0.5) is 8.78 Å². The Morgan fingerprint density at radius 1 is 0.840 bits per heavy atom. The van der Waals surface area contributed by atoms with E-state index in [9.17, 15) is 8.78 Å². The highest BCUT2D eigenvalue weighted by Crippen LogP contribution is 2.42. The van der Waals surface area contributed by atoms with Crippen molar-refractivity contribution in [3.8, 4) is 5.75 Å². The van der Waals surface area contributed by atoms with Gasteiger partial charge in [-0.15, -0.1) is 0 Å². The maximum atomic E-state index is 13.2. The third-order valence-electron chi connectivity index (χ3n) is 6.52. The molecule has 1 aromatic carbocycles. The minimum Gasteiger partial charge on any atom is -0.493 e. The van der Waals surface area contributed by atoms with E-state index in [1.54, 1.807) is 0 Å². The van der Waals surface area contributed by atoms with Crippen LogP contribution in [-0.4, -0.2) is 6.61 Å². The predicted octanol–water partition coefficient (Wildman–Crippen LogP) is 6.76. The number of hydrogen-bond acceptors (Lipinski definition) is 1. The van der Waals surface area contributed by atoms with Gasteiger partial charge in [0.15, 0.2) is 11.6 Å². The second-order valence-electron chi connectivity index (χ2n) is 8.24. The zero-order chi connectivity index (χ0) is 17.6. The quantitative estimate of drug-likeness (QED) is 0.551. The Morgan fingerprint density at radius 2 is 1.44 bits per heavy atom. The normalized spacial score (nSPS) is 30.2. The minimum absolute atomic E-state index is 0.440. The van der Waals surface area contributed by atoms with Crippen molar-refractivity contribution in [2.45, 2.75) is 71.1 Å². The second-order valence-corrected chi connectivity index (χ2v) is 8.24. The highest BCUT2D eigenvalue weighted by atomic mass is 19.2. The third-order valence-corrected chi connectivity index (χ3v) is 6.52. The largest absolute Gasteiger partial charge is 0.493 e. The first-order valence-corrected chi connectivity index (χ1v) is 10.2. The van der Waals surface area contributed by atoms with Crippen LogP contribution in [0.3, 0.4) is 0 Å². The lowest BCUT2D eigenvalue weighted by Gasteiger charge is -2.37. The van der Waals surface area contributed by atoms with Gasteiger partial charge in [0.25, 0.3) is 0 Å². The number of rotatable bonds is 6. The van der Waals surface area contributed by atoms with Crippen molar-refractivity contribution in [3.05, 3.63) is 29.8 Å². The first-order chi connectivity index (χ1) is 12.2. The molecule has 0 saturated heterocycles. The molecule has 25 heavy (non-hydrogen) atoms. The maximum Gasteiger partial charge on any atom is 0.162 e. The Balaban J connectivity index is 1.38. The van der Waals surface area contributed by atoms with Crippen molar-refractivity contribution >= 4 is 0 Å². The van der Waals surface area contributed by atoms with Crippen molar-refractivity contribution < 1.29 is 13.5 Å². The predicted molar refractivity (Wildman–Crippen MR) is 97.7 cm³/mol. The fourth-order valence-corrected chi connectivity index (χ4v) is 4.96. The molecule has 0 amide bonds. The van der Waals surface area contributed by atoms with Crippen molar-refractivity contribution in [2.24, 2.45) is 23.7 Å². The van der Waals surface area contributed by atoms with Gasteiger partial charge in [-0.2, -0.15) is 0 Å². The average molecular weight is 350 g/mol. The van der Waals surface area contributed by atoms with Crippen LogP contribution in [0.2, 0.25) is 0 Å². The summed E-state index contributed by atoms with van der Waals surface area (Å²) in [6, 6.07) is 3.80. The molecular formula is C22H32F2O. The van der Waals surface area contributed by atoms with Crippen LogP contribution in [0.5, 0.6) is 5.75 Å². The van der Waals surface area contributed by atoms with Crippen LogP contribution in [0.1, 0.15) is 71.1 Å². The molecule has 0 aliphatic heterocycles. The lowest BCUT2D eigenvalue weighted by Crippen LogP contribution is -2.27. The van der Waals surface area contributed by atoms with Gasteiger partial charge in [-0.3, -0.25) is 0 Å². The molecule has 0 aromatic heterocycles. The molecule has 1 nitrogen and oxygen atoms in total. The maximum absolute atomic E-state index is 13.2. The summed E-state index contributed by atoms with van der Waals surface area (Å²) < 4.78 is 31.9. The first kappa shape index (κ1) is 18.7. The van der Waals surface area contributed by atoms with Gasteiger partial charge in [-0.05, 0) is 74.3 Å². The monoisotopic (exact) mass is 350 g/mol. The molecule has 0 N–H and O–H groups in total. The fourth-order valence-electron chi connectivity index (χ4n) is 4.96. The van der Waals surface area contributed by atoms with Crippen molar-refractivity contribution in [2.75, 3.05) is 6.61 Å². The second kappa shape index (κ2) is 9.00. The highest BCUT2D eigenvalue weighted by Gasteiger charge is 2.30. The summed E-state index contributed by atoms with van der Waals surface area (Å²) in [5.41, 5.74) is 0. The molecule has 2 fully saturated rings. The molecule has 0 heterocycles. The molecule has 3 rings (SSSR count). The highest BCUT2D eigenvalue weighted by molar-refractivity contribution is 5.23. The van der Waals surface area contributed by atoms with Crippen LogP contribution >= 0.6 is 0 Å². The molecule has 140 valence electrons. The summed E-state index contributed by atoms with van der Waals surface area (Å²) >= 11 is 0. The van der Waals surface area contributed by atoms with Crippen LogP contribution in [-0.2, 0) is 0 Å². The molecule has 0 spiro atoms. The standard InChI is InChI=1S/C22H32F2O/c1-2-3-16-4-8-18(9-5-16)19-10-6-17(7-11-19)15-25-20-12-13-21(23)22(24)14-20/h12-14,16-19H,2-11,15H2,1H3/t16-,17?,18-,19?. The van der Waals surface area contributed by atoms with Gasteiger partial charge in [0.05, 0.1) is 6.61 Å². The number of benzene rings is 1. The van der Waals surface area contributed by atoms with Gasteiger partial charge < -0.3 is 4.74 Å². The van der Waals surface area contributed by atoms with Gasteiger partial charge in [0, 0.05) is 6.07 Å². The lowest BCUT2D eigenvalue weighted by atomic mass is 9.69. The summed E-state index contributed by atoms with van der Waals surface area (Å²) in [5.74, 6) is 2.18. The van der Waals surface area contributed by atoms with E-state index in [2.05, 4.69) is 6.92 Å². The summed E-state index contributed by atoms with van der Waals surface area (Å²) in [6.07, 6.45) is 13.6. The van der Waals surface area contributed by atoms with E-state index in [4.69, 9.17) is 4.74 Å². The van der Waals surface area contributed by atoms with Crippen molar-refractivity contribution in [1.29, 1.82) is 0 Å². The summed E-state index contributed by atoms with van der Waals surface area (Å²) in [4.78, 5) is 0. The van der Waals surface area contributed by atoms with E-state index >= 15 is 0 Å². The van der Waals surface area contributed by atoms with Crippen LogP contribution in [0.25, 0.3) is 0 Å². The summed E-state index contributed by atoms with van der Waals surface area (Å²) in [5, 5.41) is 0. The Labute approximate surface area is 151 Å². The molecule has 0 bridgehead atoms. The zero-order valence-corrected chi connectivity index (χ0v) is 15.5. The number of halogens is 2. The SMILES string of the molecule is CCC[C@H]1CC[C@H](C2CCC(COc3ccc(F)c(F)c3)CC2)CC1. The first-order valence-electron chi connectivity index (χ1n) is 10.2. The molecule has 2 aliphatic carbocycles. The number of ether oxygens (including phenoxy) is 1. The van der Waals surface area contributed by atoms with E-state index in [0.717, 1.165) is 29.9 Å². The van der Waals surface area contributed by atoms with E-state index in [0.29, 0.717) is 18.3 Å². The Hall–Kier alpha value is -1.12. The molecular weight excluding hydrogens is 318 g/mol. The van der Waals surface area contributed by atoms with Crippen LogP contribution in [0.15, 0.2) is 18.2 Å². The smallest absolute Gasteiger partial charge is 0.162 e. The lowest BCUT2D eigenvalue weighted by molar-refractivity contribution is 0.122. The van der Waals surface area contributed by atoms with Crippen molar-refractivity contribution in [1.82, 2.24) is 0 Å². The van der Waals surface area contributed by atoms with E-state index in [1.807, 2.05) is 0 Å². The van der Waals surface area contributed by atoms with Gasteiger partial charge in [-0.1, -0.05) is 32.6 Å². The third kappa shape index (κ3) is 5.18. The van der Waals surface area contributed by atoms with Gasteiger partial charge in [-0.25, -0.2) is 8.78 Å². The Morgan fingerprint density at radius 3 is 2.00 bits per heavy atom. The minimum atomic E-state index is -0.833. The average Bonchev–Trinajstić information content (AvgIpc) is 2.64. The molecule has 0 unspecified atom stereocenters. The van der Waals surface area contributed by atoms with E-state index in [-0.39, 0.29) is 0 Å². The van der Waals surface area contributed by atoms with Gasteiger partial charge in [0.1, 0.15) is 5.75 Å². The molecule has 3 heteroatoms. The van der Waals surface area contributed by atoms with Crippen LogP contribution in [0, 0.1) is 35.3 Å². The summed E-state index contributed by atoms with van der Waals surface area (Å²) in [6.45, 7) is 2.93. The van der Waals surface area contributed by atoms with Crippen molar-refractivity contribution in [3.63, 3.8) is 0 Å². The zero-order valence-electron chi connectivity index (χ0n) is 15.5. The Kier molecular flexibility index (Phi) is 6.72. The molecule has 2 saturated carbocycles. The van der Waals surface area contributed by atoms with Gasteiger partial charge in [0.2, 0.25) is 0 Å². The topological polar surface area (TPSA) is 9.23 Å². The molecule has 1 aromatic rings. The van der Waals surface area contributed by atoms with E-state index in [1.165, 1.54) is 70.3 Å². The molecule has 2 aliphatic rings. The molecule has 0 radical (unpaired) electrons. The van der Waals surface area contributed by atoms with Gasteiger partial charge >= 0.3 is 0 Å².